The molecule has 1 atom stereocenters. The summed E-state index contributed by atoms with van der Waals surface area (Å²) in [5.74, 6) is 1.72. The van der Waals surface area contributed by atoms with Crippen LogP contribution in [0.25, 0.3) is 0 Å². The molecule has 0 amide bonds. The van der Waals surface area contributed by atoms with Crippen LogP contribution >= 0.6 is 23.4 Å². The lowest BCUT2D eigenvalue weighted by molar-refractivity contribution is 0.628. The maximum Gasteiger partial charge on any atom is 0.125 e. The average Bonchev–Trinajstić information content (AvgIpc) is 2.43. The van der Waals surface area contributed by atoms with E-state index >= 15 is 0 Å². The Morgan fingerprint density at radius 1 is 1.21 bits per heavy atom. The molecule has 2 aromatic rings. The van der Waals surface area contributed by atoms with Crippen LogP contribution in [0.2, 0.25) is 5.02 Å². The molecular weight excluding hydrogens is 281 g/mol. The summed E-state index contributed by atoms with van der Waals surface area (Å²) < 4.78 is 13.3. The van der Waals surface area contributed by atoms with E-state index in [2.05, 4.69) is 23.5 Å². The third kappa shape index (κ3) is 2.72. The molecule has 0 bridgehead atoms. The van der Waals surface area contributed by atoms with Crippen molar-refractivity contribution in [1.82, 2.24) is 0 Å². The molecule has 1 aliphatic heterocycles. The van der Waals surface area contributed by atoms with Crippen molar-refractivity contribution < 1.29 is 4.39 Å². The number of hydrogen-bond acceptors (Lipinski definition) is 2. The van der Waals surface area contributed by atoms with Gasteiger partial charge in [0, 0.05) is 11.5 Å². The standard InChI is InChI=1S/C15H13ClFNS/c16-13-6-5-11(17)7-14(13)18-15-9-19-8-10-3-1-2-4-12(10)15/h1-7,15,18H,8-9H2. The van der Waals surface area contributed by atoms with Crippen LogP contribution in [0.3, 0.4) is 0 Å². The second-order valence-electron chi connectivity index (χ2n) is 4.54. The zero-order valence-electron chi connectivity index (χ0n) is 10.2. The van der Waals surface area contributed by atoms with Gasteiger partial charge in [-0.05, 0) is 29.3 Å². The number of halogens is 2. The van der Waals surface area contributed by atoms with Gasteiger partial charge in [0.25, 0.3) is 0 Å². The molecule has 0 fully saturated rings. The fourth-order valence-corrected chi connectivity index (χ4v) is 3.57. The molecule has 19 heavy (non-hydrogen) atoms. The number of hydrogen-bond donors (Lipinski definition) is 1. The lowest BCUT2D eigenvalue weighted by atomic mass is 10.0. The second-order valence-corrected chi connectivity index (χ2v) is 5.97. The fourth-order valence-electron chi connectivity index (χ4n) is 2.30. The topological polar surface area (TPSA) is 12.0 Å². The molecule has 1 aliphatic rings. The van der Waals surface area contributed by atoms with E-state index in [9.17, 15) is 4.39 Å². The van der Waals surface area contributed by atoms with Crippen LogP contribution in [0.15, 0.2) is 42.5 Å². The van der Waals surface area contributed by atoms with Crippen LogP contribution in [-0.2, 0) is 5.75 Å². The highest BCUT2D eigenvalue weighted by Gasteiger charge is 2.20. The van der Waals surface area contributed by atoms with Gasteiger partial charge in [0.1, 0.15) is 5.82 Å². The van der Waals surface area contributed by atoms with Gasteiger partial charge in [-0.2, -0.15) is 11.8 Å². The first-order valence-corrected chi connectivity index (χ1v) is 7.64. The first-order valence-electron chi connectivity index (χ1n) is 6.11. The number of fused-ring (bicyclic) bond motifs is 1. The smallest absolute Gasteiger partial charge is 0.125 e. The molecule has 4 heteroatoms. The van der Waals surface area contributed by atoms with Crippen molar-refractivity contribution in [2.45, 2.75) is 11.8 Å². The summed E-state index contributed by atoms with van der Waals surface area (Å²) >= 11 is 7.98. The Morgan fingerprint density at radius 2 is 2.05 bits per heavy atom. The lowest BCUT2D eigenvalue weighted by Crippen LogP contribution is -2.18. The predicted octanol–water partition coefficient (Wildman–Crippen LogP) is 4.88. The van der Waals surface area contributed by atoms with Crippen LogP contribution in [0, 0.1) is 5.82 Å². The quantitative estimate of drug-likeness (QED) is 0.847. The first kappa shape index (κ1) is 12.8. The molecule has 0 saturated heterocycles. The number of anilines is 1. The van der Waals surface area contributed by atoms with Crippen molar-refractivity contribution in [2.24, 2.45) is 0 Å². The zero-order chi connectivity index (χ0) is 13.2. The van der Waals surface area contributed by atoms with Crippen molar-refractivity contribution >= 4 is 29.1 Å². The van der Waals surface area contributed by atoms with Crippen LogP contribution < -0.4 is 5.32 Å². The fraction of sp³-hybridized carbons (Fsp3) is 0.200. The average molecular weight is 294 g/mol. The Balaban J connectivity index is 1.90. The minimum atomic E-state index is -0.274. The van der Waals surface area contributed by atoms with Gasteiger partial charge in [0.2, 0.25) is 0 Å². The molecule has 98 valence electrons. The Bertz CT molecular complexity index is 602. The van der Waals surface area contributed by atoms with E-state index in [4.69, 9.17) is 11.6 Å². The molecular formula is C15H13ClFNS. The van der Waals surface area contributed by atoms with Gasteiger partial charge < -0.3 is 5.32 Å². The Hall–Kier alpha value is -1.19. The van der Waals surface area contributed by atoms with E-state index in [1.165, 1.54) is 23.3 Å². The van der Waals surface area contributed by atoms with E-state index in [-0.39, 0.29) is 11.9 Å². The molecule has 1 N–H and O–H groups in total. The van der Waals surface area contributed by atoms with E-state index in [0.717, 1.165) is 11.5 Å². The van der Waals surface area contributed by atoms with E-state index < -0.39 is 0 Å². The maximum absolute atomic E-state index is 13.3. The molecule has 0 saturated carbocycles. The normalized spacial score (nSPS) is 17.9. The number of rotatable bonds is 2. The van der Waals surface area contributed by atoms with Crippen molar-refractivity contribution in [1.29, 1.82) is 0 Å². The molecule has 1 unspecified atom stereocenters. The summed E-state index contributed by atoms with van der Waals surface area (Å²) in [6.45, 7) is 0. The van der Waals surface area contributed by atoms with Gasteiger partial charge in [-0.25, -0.2) is 4.39 Å². The minimum Gasteiger partial charge on any atom is -0.376 e. The molecule has 0 radical (unpaired) electrons. The van der Waals surface area contributed by atoms with E-state index in [0.29, 0.717) is 10.7 Å². The first-order chi connectivity index (χ1) is 9.24. The van der Waals surface area contributed by atoms with E-state index in [1.807, 2.05) is 17.8 Å². The SMILES string of the molecule is Fc1ccc(Cl)c(NC2CSCc3ccccc32)c1. The monoisotopic (exact) mass is 293 g/mol. The highest BCUT2D eigenvalue weighted by atomic mass is 35.5. The van der Waals surface area contributed by atoms with Gasteiger partial charge in [-0.1, -0.05) is 35.9 Å². The molecule has 2 aromatic carbocycles. The number of thioether (sulfide) groups is 1. The van der Waals surface area contributed by atoms with Crippen molar-refractivity contribution in [3.8, 4) is 0 Å². The Kier molecular flexibility index (Phi) is 3.67. The van der Waals surface area contributed by atoms with Gasteiger partial charge >= 0.3 is 0 Å². The predicted molar refractivity (Wildman–Crippen MR) is 80.4 cm³/mol. The lowest BCUT2D eigenvalue weighted by Gasteiger charge is -2.27. The van der Waals surface area contributed by atoms with Gasteiger partial charge in [-0.3, -0.25) is 0 Å². The second kappa shape index (κ2) is 5.43. The van der Waals surface area contributed by atoms with E-state index in [1.54, 1.807) is 6.07 Å². The molecule has 1 heterocycles. The van der Waals surface area contributed by atoms with Crippen LogP contribution in [0.4, 0.5) is 10.1 Å². The van der Waals surface area contributed by atoms with Crippen molar-refractivity contribution in [3.63, 3.8) is 0 Å². The largest absolute Gasteiger partial charge is 0.376 e. The molecule has 0 aliphatic carbocycles. The van der Waals surface area contributed by atoms with Crippen molar-refractivity contribution in [3.05, 3.63) is 64.4 Å². The van der Waals surface area contributed by atoms with Crippen LogP contribution in [0.5, 0.6) is 0 Å². The molecule has 3 rings (SSSR count). The Morgan fingerprint density at radius 3 is 2.95 bits per heavy atom. The van der Waals surface area contributed by atoms with Gasteiger partial charge in [-0.15, -0.1) is 0 Å². The third-order valence-corrected chi connectivity index (χ3v) is 4.64. The Labute approximate surface area is 121 Å². The molecule has 1 nitrogen and oxygen atoms in total. The summed E-state index contributed by atoms with van der Waals surface area (Å²) in [7, 11) is 0. The molecule has 0 aromatic heterocycles. The number of nitrogens with one attached hydrogen (secondary N) is 1. The summed E-state index contributed by atoms with van der Waals surface area (Å²) in [6, 6.07) is 12.9. The summed E-state index contributed by atoms with van der Waals surface area (Å²) in [5.41, 5.74) is 3.27. The summed E-state index contributed by atoms with van der Waals surface area (Å²) in [5, 5.41) is 3.90. The number of benzene rings is 2. The summed E-state index contributed by atoms with van der Waals surface area (Å²) in [6.07, 6.45) is 0. The summed E-state index contributed by atoms with van der Waals surface area (Å²) in [4.78, 5) is 0. The van der Waals surface area contributed by atoms with Gasteiger partial charge in [0.15, 0.2) is 0 Å². The molecule has 0 spiro atoms. The highest BCUT2D eigenvalue weighted by molar-refractivity contribution is 7.98. The van der Waals surface area contributed by atoms with Crippen LogP contribution in [0.1, 0.15) is 17.2 Å². The van der Waals surface area contributed by atoms with Crippen LogP contribution in [-0.4, -0.2) is 5.75 Å². The zero-order valence-corrected chi connectivity index (χ0v) is 11.8. The highest BCUT2D eigenvalue weighted by Crippen LogP contribution is 2.35. The van der Waals surface area contributed by atoms with Gasteiger partial charge in [0.05, 0.1) is 16.8 Å². The third-order valence-electron chi connectivity index (χ3n) is 3.23. The maximum atomic E-state index is 13.3. The minimum absolute atomic E-state index is 0.175. The van der Waals surface area contributed by atoms with Crippen molar-refractivity contribution in [2.75, 3.05) is 11.1 Å².